The van der Waals surface area contributed by atoms with E-state index < -0.39 is 6.09 Å². The van der Waals surface area contributed by atoms with E-state index in [1.165, 1.54) is 11.3 Å². The molecular weight excluding hydrogens is 268 g/mol. The van der Waals surface area contributed by atoms with Gasteiger partial charge in [0.05, 0.1) is 16.9 Å². The topological polar surface area (TPSA) is 120 Å². The molecule has 19 heavy (non-hydrogen) atoms. The van der Waals surface area contributed by atoms with E-state index >= 15 is 0 Å². The molecule has 0 saturated heterocycles. The number of primary amides is 1. The Bertz CT molecular complexity index is 625. The molecule has 2 rings (SSSR count). The summed E-state index contributed by atoms with van der Waals surface area (Å²) in [5, 5.41) is 2.59. The zero-order valence-electron chi connectivity index (χ0n) is 9.88. The number of thiophene rings is 1. The number of amides is 2. The Morgan fingerprint density at radius 3 is 2.95 bits per heavy atom. The number of carbonyl (C=O) groups excluding carboxylic acids is 2. The molecule has 100 valence electrons. The van der Waals surface area contributed by atoms with Gasteiger partial charge in [0.2, 0.25) is 0 Å². The number of hydrogen-bond acceptors (Lipinski definition) is 6. The first-order valence-electron chi connectivity index (χ1n) is 5.43. The highest BCUT2D eigenvalue weighted by atomic mass is 32.1. The monoisotopic (exact) mass is 280 g/mol. The summed E-state index contributed by atoms with van der Waals surface area (Å²) in [6, 6.07) is 3.62. The van der Waals surface area contributed by atoms with Gasteiger partial charge in [-0.1, -0.05) is 0 Å². The number of nitrogen functional groups attached to an aromatic ring is 1. The predicted octanol–water partition coefficient (Wildman–Crippen LogP) is 0.704. The minimum atomic E-state index is -0.875. The highest BCUT2D eigenvalue weighted by Gasteiger charge is 2.16. The zero-order chi connectivity index (χ0) is 13.8. The lowest BCUT2D eigenvalue weighted by molar-refractivity contribution is 0.0941. The fourth-order valence-electron chi connectivity index (χ4n) is 1.51. The maximum absolute atomic E-state index is 11.9. The molecule has 0 spiro atoms. The van der Waals surface area contributed by atoms with E-state index in [9.17, 15) is 9.59 Å². The average molecular weight is 280 g/mol. The summed E-state index contributed by atoms with van der Waals surface area (Å²) >= 11 is 1.26. The Kier molecular flexibility index (Phi) is 3.81. The molecule has 0 saturated carbocycles. The Morgan fingerprint density at radius 1 is 1.47 bits per heavy atom. The van der Waals surface area contributed by atoms with Gasteiger partial charge in [-0.3, -0.25) is 9.78 Å². The Balaban J connectivity index is 2.05. The van der Waals surface area contributed by atoms with Crippen LogP contribution in [0.1, 0.15) is 9.67 Å². The van der Waals surface area contributed by atoms with Crippen molar-refractivity contribution in [1.82, 2.24) is 10.3 Å². The molecule has 2 amide bonds. The second kappa shape index (κ2) is 5.53. The minimum absolute atomic E-state index is 0.0180. The Labute approximate surface area is 112 Å². The number of ether oxygens (including phenoxy) is 1. The SMILES string of the molecule is NC(=O)OCCNC(=O)c1sc2cccnc2c1N. The van der Waals surface area contributed by atoms with E-state index in [4.69, 9.17) is 11.5 Å². The molecule has 0 aromatic carbocycles. The van der Waals surface area contributed by atoms with Crippen molar-refractivity contribution in [3.05, 3.63) is 23.2 Å². The van der Waals surface area contributed by atoms with Gasteiger partial charge in [0.15, 0.2) is 0 Å². The van der Waals surface area contributed by atoms with Gasteiger partial charge in [0.1, 0.15) is 17.0 Å². The maximum Gasteiger partial charge on any atom is 0.404 e. The molecular formula is C11H12N4O3S. The number of aromatic nitrogens is 1. The number of hydrogen-bond donors (Lipinski definition) is 3. The van der Waals surface area contributed by atoms with Gasteiger partial charge in [0, 0.05) is 6.20 Å². The van der Waals surface area contributed by atoms with Crippen LogP contribution in [0.3, 0.4) is 0 Å². The van der Waals surface area contributed by atoms with Gasteiger partial charge in [-0.25, -0.2) is 4.79 Å². The molecule has 0 aliphatic heterocycles. The van der Waals surface area contributed by atoms with Gasteiger partial charge in [0.25, 0.3) is 5.91 Å². The van der Waals surface area contributed by atoms with E-state index in [-0.39, 0.29) is 19.1 Å². The van der Waals surface area contributed by atoms with Crippen LogP contribution >= 0.6 is 11.3 Å². The lowest BCUT2D eigenvalue weighted by atomic mass is 10.3. The number of rotatable bonds is 4. The van der Waals surface area contributed by atoms with Crippen molar-refractivity contribution in [2.75, 3.05) is 18.9 Å². The molecule has 7 nitrogen and oxygen atoms in total. The Morgan fingerprint density at radius 2 is 2.26 bits per heavy atom. The molecule has 2 aromatic rings. The van der Waals surface area contributed by atoms with Crippen LogP contribution < -0.4 is 16.8 Å². The third kappa shape index (κ3) is 2.91. The largest absolute Gasteiger partial charge is 0.448 e. The first-order valence-corrected chi connectivity index (χ1v) is 6.24. The second-order valence-corrected chi connectivity index (χ2v) is 4.67. The van der Waals surface area contributed by atoms with Gasteiger partial charge in [-0.2, -0.15) is 0 Å². The fourth-order valence-corrected chi connectivity index (χ4v) is 2.51. The van der Waals surface area contributed by atoms with Crippen LogP contribution in [0, 0.1) is 0 Å². The van der Waals surface area contributed by atoms with Gasteiger partial charge >= 0.3 is 6.09 Å². The molecule has 2 heterocycles. The number of pyridine rings is 1. The molecule has 0 aliphatic carbocycles. The summed E-state index contributed by atoms with van der Waals surface area (Å²) in [5.74, 6) is -0.325. The number of nitrogens with two attached hydrogens (primary N) is 2. The highest BCUT2D eigenvalue weighted by molar-refractivity contribution is 7.21. The molecule has 0 fully saturated rings. The van der Waals surface area contributed by atoms with E-state index in [0.29, 0.717) is 16.1 Å². The quantitative estimate of drug-likeness (QED) is 0.712. The highest BCUT2D eigenvalue weighted by Crippen LogP contribution is 2.31. The van der Waals surface area contributed by atoms with Gasteiger partial charge in [-0.15, -0.1) is 11.3 Å². The molecule has 2 aromatic heterocycles. The summed E-state index contributed by atoms with van der Waals surface area (Å²) in [4.78, 5) is 26.8. The number of carbonyl (C=O) groups is 2. The molecule has 8 heteroatoms. The van der Waals surface area contributed by atoms with Crippen molar-refractivity contribution in [3.63, 3.8) is 0 Å². The molecule has 5 N–H and O–H groups in total. The van der Waals surface area contributed by atoms with E-state index in [1.54, 1.807) is 12.3 Å². The van der Waals surface area contributed by atoms with Crippen molar-refractivity contribution in [2.24, 2.45) is 5.73 Å². The van der Waals surface area contributed by atoms with Crippen molar-refractivity contribution in [3.8, 4) is 0 Å². The molecule has 0 aliphatic rings. The molecule has 0 radical (unpaired) electrons. The van der Waals surface area contributed by atoms with Crippen LogP contribution in [-0.4, -0.2) is 30.1 Å². The van der Waals surface area contributed by atoms with Gasteiger partial charge < -0.3 is 21.5 Å². The standard InChI is InChI=1S/C11H12N4O3S/c12-7-8-6(2-1-3-14-8)19-9(7)10(16)15-4-5-18-11(13)17/h1-3H,4-5,12H2,(H2,13,17)(H,15,16). The van der Waals surface area contributed by atoms with Crippen molar-refractivity contribution >= 4 is 39.2 Å². The van der Waals surface area contributed by atoms with Crippen molar-refractivity contribution in [1.29, 1.82) is 0 Å². The smallest absolute Gasteiger partial charge is 0.404 e. The summed E-state index contributed by atoms with van der Waals surface area (Å²) in [6.45, 7) is 0.188. The summed E-state index contributed by atoms with van der Waals surface area (Å²) in [6.07, 6.45) is 0.744. The van der Waals surface area contributed by atoms with Crippen LogP contribution in [0.5, 0.6) is 0 Å². The first kappa shape index (κ1) is 13.1. The lowest BCUT2D eigenvalue weighted by Crippen LogP contribution is -2.28. The third-order valence-corrected chi connectivity index (χ3v) is 3.48. The number of nitrogens with zero attached hydrogens (tertiary/aromatic N) is 1. The first-order chi connectivity index (χ1) is 9.09. The summed E-state index contributed by atoms with van der Waals surface area (Å²) in [5.41, 5.74) is 11.6. The van der Waals surface area contributed by atoms with E-state index in [1.807, 2.05) is 6.07 Å². The number of fused-ring (bicyclic) bond motifs is 1. The maximum atomic E-state index is 11.9. The summed E-state index contributed by atoms with van der Waals surface area (Å²) in [7, 11) is 0. The van der Waals surface area contributed by atoms with E-state index in [2.05, 4.69) is 15.0 Å². The normalized spacial score (nSPS) is 10.3. The fraction of sp³-hybridized carbons (Fsp3) is 0.182. The second-order valence-electron chi connectivity index (χ2n) is 3.62. The van der Waals surface area contributed by atoms with Crippen LogP contribution in [0.25, 0.3) is 10.2 Å². The van der Waals surface area contributed by atoms with Crippen LogP contribution in [-0.2, 0) is 4.74 Å². The van der Waals surface area contributed by atoms with Crippen LogP contribution in [0.15, 0.2) is 18.3 Å². The van der Waals surface area contributed by atoms with Crippen LogP contribution in [0.4, 0.5) is 10.5 Å². The number of anilines is 1. The minimum Gasteiger partial charge on any atom is -0.448 e. The zero-order valence-corrected chi connectivity index (χ0v) is 10.7. The third-order valence-electron chi connectivity index (χ3n) is 2.32. The summed E-state index contributed by atoms with van der Waals surface area (Å²) < 4.78 is 5.35. The van der Waals surface area contributed by atoms with Crippen molar-refractivity contribution in [2.45, 2.75) is 0 Å². The molecule has 0 atom stereocenters. The molecule has 0 bridgehead atoms. The van der Waals surface area contributed by atoms with Gasteiger partial charge in [-0.05, 0) is 12.1 Å². The predicted molar refractivity (Wildman–Crippen MR) is 71.9 cm³/mol. The van der Waals surface area contributed by atoms with E-state index in [0.717, 1.165) is 4.70 Å². The van der Waals surface area contributed by atoms with Crippen molar-refractivity contribution < 1.29 is 14.3 Å². The molecule has 0 unspecified atom stereocenters. The van der Waals surface area contributed by atoms with Crippen LogP contribution in [0.2, 0.25) is 0 Å². The number of nitrogens with one attached hydrogen (secondary N) is 1. The lowest BCUT2D eigenvalue weighted by Gasteiger charge is -2.04. The average Bonchev–Trinajstić information content (AvgIpc) is 2.72. The Hall–Kier alpha value is -2.35.